The molecule has 1 aliphatic heterocycles. The fourth-order valence-corrected chi connectivity index (χ4v) is 2.68. The highest BCUT2D eigenvalue weighted by Gasteiger charge is 2.12. The number of hydrogen-bond acceptors (Lipinski definition) is 4. The summed E-state index contributed by atoms with van der Waals surface area (Å²) in [5.41, 5.74) is 0.608. The molecule has 0 radical (unpaired) electrons. The van der Waals surface area contributed by atoms with Crippen molar-refractivity contribution in [2.45, 2.75) is 0 Å². The lowest BCUT2D eigenvalue weighted by atomic mass is 10.2. The Morgan fingerprint density at radius 1 is 1.12 bits per heavy atom. The van der Waals surface area contributed by atoms with Crippen LogP contribution < -0.4 is 10.9 Å². The summed E-state index contributed by atoms with van der Waals surface area (Å²) in [5, 5.41) is 2.86. The Bertz CT molecular complexity index is 783. The molecule has 1 saturated heterocycles. The third kappa shape index (κ3) is 4.52. The molecule has 2 heterocycles. The summed E-state index contributed by atoms with van der Waals surface area (Å²) in [6.45, 7) is 4.45. The summed E-state index contributed by atoms with van der Waals surface area (Å²) in [7, 11) is 0. The number of pyridine rings is 1. The largest absolute Gasteiger partial charge is 0.379 e. The summed E-state index contributed by atoms with van der Waals surface area (Å²) in [5.74, 6) is -0.627. The predicted octanol–water partition coefficient (Wildman–Crippen LogP) is 1.04. The Morgan fingerprint density at radius 2 is 1.84 bits per heavy atom. The lowest BCUT2D eigenvalue weighted by Crippen LogP contribution is -2.41. The summed E-state index contributed by atoms with van der Waals surface area (Å²) >= 11 is 0. The van der Waals surface area contributed by atoms with Crippen molar-refractivity contribution >= 4 is 5.91 Å². The number of nitrogens with one attached hydrogen (secondary N) is 1. The van der Waals surface area contributed by atoms with Crippen molar-refractivity contribution < 1.29 is 13.9 Å². The molecule has 1 aliphatic rings. The van der Waals surface area contributed by atoms with E-state index in [1.165, 1.54) is 47.2 Å². The van der Waals surface area contributed by atoms with E-state index in [-0.39, 0.29) is 17.3 Å². The van der Waals surface area contributed by atoms with Crippen molar-refractivity contribution in [2.24, 2.45) is 0 Å². The highest BCUT2D eigenvalue weighted by Crippen LogP contribution is 2.08. The Labute approximate surface area is 144 Å². The topological polar surface area (TPSA) is 63.6 Å². The van der Waals surface area contributed by atoms with E-state index < -0.39 is 0 Å². The molecule has 0 spiro atoms. The number of benzene rings is 1. The molecule has 7 heteroatoms. The van der Waals surface area contributed by atoms with Gasteiger partial charge in [-0.15, -0.1) is 0 Å². The van der Waals surface area contributed by atoms with Crippen LogP contribution in [0.2, 0.25) is 0 Å². The van der Waals surface area contributed by atoms with Crippen LogP contribution in [-0.2, 0) is 4.74 Å². The second-order valence-corrected chi connectivity index (χ2v) is 5.81. The van der Waals surface area contributed by atoms with E-state index in [9.17, 15) is 14.0 Å². The fourth-order valence-electron chi connectivity index (χ4n) is 2.68. The van der Waals surface area contributed by atoms with Crippen LogP contribution in [0.5, 0.6) is 0 Å². The maximum absolute atomic E-state index is 13.0. The van der Waals surface area contributed by atoms with Crippen LogP contribution >= 0.6 is 0 Å². The van der Waals surface area contributed by atoms with Crippen LogP contribution in [0.3, 0.4) is 0 Å². The molecule has 1 N–H and O–H groups in total. The van der Waals surface area contributed by atoms with Gasteiger partial charge in [-0.3, -0.25) is 19.1 Å². The quantitative estimate of drug-likeness (QED) is 0.880. The van der Waals surface area contributed by atoms with Crippen molar-refractivity contribution in [3.63, 3.8) is 0 Å². The second-order valence-electron chi connectivity index (χ2n) is 5.81. The standard InChI is InChI=1S/C18H20FN3O3/c19-15-2-4-16(5-3-15)22-13-14(1-6-17(22)23)18(24)20-7-8-21-9-11-25-12-10-21/h1-6,13H,7-12H2,(H,20,24). The highest BCUT2D eigenvalue weighted by atomic mass is 19.1. The zero-order valence-corrected chi connectivity index (χ0v) is 13.8. The molecule has 1 amide bonds. The number of rotatable bonds is 5. The minimum atomic E-state index is -0.381. The SMILES string of the molecule is O=C(NCCN1CCOCC1)c1ccc(=O)n(-c2ccc(F)cc2)c1. The first kappa shape index (κ1) is 17.3. The van der Waals surface area contributed by atoms with Gasteiger partial charge < -0.3 is 10.1 Å². The number of carbonyl (C=O) groups excluding carboxylic acids is 1. The Hall–Kier alpha value is -2.51. The van der Waals surface area contributed by atoms with Crippen LogP contribution in [0, 0.1) is 5.82 Å². The zero-order valence-electron chi connectivity index (χ0n) is 13.8. The summed E-state index contributed by atoms with van der Waals surface area (Å²) in [6.07, 6.45) is 1.47. The number of ether oxygens (including phenoxy) is 1. The number of morpholine rings is 1. The van der Waals surface area contributed by atoms with Crippen LogP contribution in [0.1, 0.15) is 10.4 Å². The molecule has 0 aliphatic carbocycles. The van der Waals surface area contributed by atoms with E-state index in [1.54, 1.807) is 0 Å². The molecule has 0 atom stereocenters. The molecule has 6 nitrogen and oxygen atoms in total. The number of aromatic nitrogens is 1. The molecule has 132 valence electrons. The molecule has 0 bridgehead atoms. The Morgan fingerprint density at radius 3 is 2.56 bits per heavy atom. The van der Waals surface area contributed by atoms with Crippen molar-refractivity contribution in [1.29, 1.82) is 0 Å². The average molecular weight is 345 g/mol. The minimum absolute atomic E-state index is 0.246. The van der Waals surface area contributed by atoms with Gasteiger partial charge in [-0.1, -0.05) is 0 Å². The Balaban J connectivity index is 1.65. The van der Waals surface area contributed by atoms with Crippen molar-refractivity contribution in [3.05, 3.63) is 64.3 Å². The number of carbonyl (C=O) groups is 1. The first-order valence-corrected chi connectivity index (χ1v) is 8.20. The summed E-state index contributed by atoms with van der Waals surface area (Å²) in [4.78, 5) is 26.5. The number of nitrogens with zero attached hydrogens (tertiary/aromatic N) is 2. The predicted molar refractivity (Wildman–Crippen MR) is 91.6 cm³/mol. The van der Waals surface area contributed by atoms with Gasteiger partial charge in [0.15, 0.2) is 0 Å². The fraction of sp³-hybridized carbons (Fsp3) is 0.333. The molecule has 0 saturated carbocycles. The minimum Gasteiger partial charge on any atom is -0.379 e. The maximum atomic E-state index is 13.0. The van der Waals surface area contributed by atoms with Crippen LogP contribution in [0.4, 0.5) is 4.39 Å². The monoisotopic (exact) mass is 345 g/mol. The van der Waals surface area contributed by atoms with E-state index in [2.05, 4.69) is 10.2 Å². The van der Waals surface area contributed by atoms with Crippen molar-refractivity contribution in [1.82, 2.24) is 14.8 Å². The molecule has 1 fully saturated rings. The molecular formula is C18H20FN3O3. The van der Waals surface area contributed by atoms with Gasteiger partial charge in [0.25, 0.3) is 11.5 Å². The van der Waals surface area contributed by atoms with E-state index in [0.29, 0.717) is 17.8 Å². The van der Waals surface area contributed by atoms with Crippen LogP contribution in [0.25, 0.3) is 5.69 Å². The van der Waals surface area contributed by atoms with Gasteiger partial charge >= 0.3 is 0 Å². The van der Waals surface area contributed by atoms with Gasteiger partial charge in [0.1, 0.15) is 5.82 Å². The maximum Gasteiger partial charge on any atom is 0.255 e. The molecule has 25 heavy (non-hydrogen) atoms. The van der Waals surface area contributed by atoms with E-state index >= 15 is 0 Å². The van der Waals surface area contributed by atoms with Crippen molar-refractivity contribution in [3.8, 4) is 5.69 Å². The van der Waals surface area contributed by atoms with Gasteiger partial charge in [0, 0.05) is 44.1 Å². The highest BCUT2D eigenvalue weighted by molar-refractivity contribution is 5.93. The molecule has 1 aromatic heterocycles. The van der Waals surface area contributed by atoms with E-state index in [1.807, 2.05) is 0 Å². The normalized spacial score (nSPS) is 15.1. The second kappa shape index (κ2) is 8.04. The smallest absolute Gasteiger partial charge is 0.255 e. The molecule has 3 rings (SSSR count). The van der Waals surface area contributed by atoms with Crippen molar-refractivity contribution in [2.75, 3.05) is 39.4 Å². The van der Waals surface area contributed by atoms with Gasteiger partial charge in [-0.25, -0.2) is 4.39 Å². The third-order valence-corrected chi connectivity index (χ3v) is 4.10. The van der Waals surface area contributed by atoms with E-state index in [4.69, 9.17) is 4.74 Å². The lowest BCUT2D eigenvalue weighted by molar-refractivity contribution is 0.0383. The lowest BCUT2D eigenvalue weighted by Gasteiger charge is -2.26. The first-order valence-electron chi connectivity index (χ1n) is 8.20. The number of amides is 1. The molecule has 1 aromatic carbocycles. The van der Waals surface area contributed by atoms with Gasteiger partial charge in [-0.2, -0.15) is 0 Å². The average Bonchev–Trinajstić information content (AvgIpc) is 2.64. The van der Waals surface area contributed by atoms with Gasteiger partial charge in [0.05, 0.1) is 18.8 Å². The molecule has 2 aromatic rings. The van der Waals surface area contributed by atoms with Gasteiger partial charge in [-0.05, 0) is 30.3 Å². The first-order chi connectivity index (χ1) is 12.1. The summed E-state index contributed by atoms with van der Waals surface area (Å²) in [6, 6.07) is 8.37. The number of halogens is 1. The van der Waals surface area contributed by atoms with Crippen LogP contribution in [0.15, 0.2) is 47.4 Å². The molecular weight excluding hydrogens is 325 g/mol. The van der Waals surface area contributed by atoms with E-state index in [0.717, 1.165) is 32.8 Å². The third-order valence-electron chi connectivity index (χ3n) is 4.10. The zero-order chi connectivity index (χ0) is 17.6. The van der Waals surface area contributed by atoms with Gasteiger partial charge in [0.2, 0.25) is 0 Å². The molecule has 0 unspecified atom stereocenters. The number of hydrogen-bond donors (Lipinski definition) is 1. The van der Waals surface area contributed by atoms with Crippen LogP contribution in [-0.4, -0.2) is 54.8 Å². The Kier molecular flexibility index (Phi) is 5.57. The summed E-state index contributed by atoms with van der Waals surface area (Å²) < 4.78 is 19.7.